The zero-order chi connectivity index (χ0) is 15.0. The summed E-state index contributed by atoms with van der Waals surface area (Å²) in [5.41, 5.74) is 6.01. The van der Waals surface area contributed by atoms with Gasteiger partial charge in [0.2, 0.25) is 0 Å². The molecule has 5 nitrogen and oxygen atoms in total. The summed E-state index contributed by atoms with van der Waals surface area (Å²) in [6.07, 6.45) is 3.59. The van der Waals surface area contributed by atoms with Crippen LogP contribution in [0.15, 0.2) is 0 Å². The maximum atomic E-state index is 12.7. The van der Waals surface area contributed by atoms with Gasteiger partial charge in [0.05, 0.1) is 0 Å². The Labute approximate surface area is 130 Å². The van der Waals surface area contributed by atoms with Gasteiger partial charge in [-0.15, -0.1) is 0 Å². The molecule has 0 aliphatic carbocycles. The first-order valence-corrected chi connectivity index (χ1v) is 8.66. The van der Waals surface area contributed by atoms with Crippen molar-refractivity contribution in [3.8, 4) is 0 Å². The summed E-state index contributed by atoms with van der Waals surface area (Å²) >= 11 is 1.46. The summed E-state index contributed by atoms with van der Waals surface area (Å²) in [7, 11) is 0. The lowest BCUT2D eigenvalue weighted by Gasteiger charge is -2.34. The molecule has 2 saturated heterocycles. The molecule has 1 amide bonds. The number of aromatic nitrogens is 1. The Hall–Kier alpha value is -1.30. The summed E-state index contributed by atoms with van der Waals surface area (Å²) in [6.45, 7) is 8.14. The van der Waals surface area contributed by atoms with Crippen molar-refractivity contribution in [1.29, 1.82) is 0 Å². The Balaban J connectivity index is 1.77. The van der Waals surface area contributed by atoms with E-state index >= 15 is 0 Å². The Kier molecular flexibility index (Phi) is 4.06. The molecule has 2 atom stereocenters. The number of carbonyl (C=O) groups excluding carboxylic acids is 1. The third kappa shape index (κ3) is 3.00. The van der Waals surface area contributed by atoms with Crippen LogP contribution in [0.3, 0.4) is 0 Å². The van der Waals surface area contributed by atoms with Gasteiger partial charge in [-0.1, -0.05) is 25.2 Å². The number of nitrogens with two attached hydrogens (primary N) is 1. The zero-order valence-electron chi connectivity index (χ0n) is 12.8. The quantitative estimate of drug-likeness (QED) is 0.911. The number of thiazole rings is 1. The number of anilines is 2. The summed E-state index contributed by atoms with van der Waals surface area (Å²) < 4.78 is 0. The second-order valence-corrected chi connectivity index (χ2v) is 7.54. The molecule has 2 N–H and O–H groups in total. The number of amides is 1. The smallest absolute Gasteiger partial charge is 0.267 e. The number of nitrogen functional groups attached to an aromatic ring is 1. The first-order chi connectivity index (χ1) is 10.0. The molecular weight excluding hydrogens is 284 g/mol. The predicted octanol–water partition coefficient (Wildman–Crippen LogP) is 2.44. The van der Waals surface area contributed by atoms with Crippen LogP contribution in [0.5, 0.6) is 0 Å². The lowest BCUT2D eigenvalue weighted by atomic mass is 9.92. The van der Waals surface area contributed by atoms with Crippen LogP contribution in [-0.2, 0) is 0 Å². The van der Waals surface area contributed by atoms with Crippen LogP contribution < -0.4 is 10.6 Å². The van der Waals surface area contributed by atoms with Crippen molar-refractivity contribution in [1.82, 2.24) is 9.88 Å². The Morgan fingerprint density at radius 1 is 1.24 bits per heavy atom. The number of hydrogen-bond donors (Lipinski definition) is 1. The van der Waals surface area contributed by atoms with Crippen molar-refractivity contribution in [2.75, 3.05) is 36.8 Å². The molecule has 21 heavy (non-hydrogen) atoms. The third-order valence-corrected chi connectivity index (χ3v) is 5.49. The highest BCUT2D eigenvalue weighted by atomic mass is 32.1. The van der Waals surface area contributed by atoms with Crippen LogP contribution in [-0.4, -0.2) is 42.0 Å². The number of piperidine rings is 1. The maximum Gasteiger partial charge on any atom is 0.267 e. The maximum absolute atomic E-state index is 12.7. The second-order valence-electron chi connectivity index (χ2n) is 6.56. The lowest BCUT2D eigenvalue weighted by molar-refractivity contribution is 0.0629. The van der Waals surface area contributed by atoms with Crippen LogP contribution in [0.4, 0.5) is 10.9 Å². The minimum absolute atomic E-state index is 0.0637. The van der Waals surface area contributed by atoms with E-state index in [4.69, 9.17) is 5.73 Å². The van der Waals surface area contributed by atoms with Gasteiger partial charge in [-0.05, 0) is 31.1 Å². The third-order valence-electron chi connectivity index (χ3n) is 4.37. The molecule has 2 unspecified atom stereocenters. The molecule has 0 saturated carbocycles. The molecule has 2 aliphatic heterocycles. The number of nitrogens with zero attached hydrogens (tertiary/aromatic N) is 3. The molecule has 1 aromatic heterocycles. The van der Waals surface area contributed by atoms with E-state index in [1.807, 2.05) is 4.90 Å². The van der Waals surface area contributed by atoms with Gasteiger partial charge in [-0.3, -0.25) is 4.79 Å². The van der Waals surface area contributed by atoms with Crippen molar-refractivity contribution in [3.05, 3.63) is 4.88 Å². The van der Waals surface area contributed by atoms with Gasteiger partial charge < -0.3 is 15.5 Å². The fraction of sp³-hybridized carbons (Fsp3) is 0.733. The standard InChI is InChI=1S/C15H24N4OS/c1-10-7-11(2)9-19(8-10)14(20)12-13(16)17-15(21-12)18-5-3-4-6-18/h10-11H,3-9,16H2,1-2H3. The SMILES string of the molecule is CC1CC(C)CN(C(=O)c2sc(N3CCCC3)nc2N)C1. The highest BCUT2D eigenvalue weighted by molar-refractivity contribution is 7.18. The molecular formula is C15H24N4OS. The molecule has 3 heterocycles. The van der Waals surface area contributed by atoms with Crippen molar-refractivity contribution in [3.63, 3.8) is 0 Å². The van der Waals surface area contributed by atoms with E-state index < -0.39 is 0 Å². The fourth-order valence-corrected chi connectivity index (χ4v) is 4.49. The van der Waals surface area contributed by atoms with Crippen molar-refractivity contribution in [2.45, 2.75) is 33.1 Å². The number of hydrogen-bond acceptors (Lipinski definition) is 5. The second kappa shape index (κ2) is 5.83. The average Bonchev–Trinajstić information content (AvgIpc) is 3.05. The van der Waals surface area contributed by atoms with Gasteiger partial charge >= 0.3 is 0 Å². The number of rotatable bonds is 2. The molecule has 2 fully saturated rings. The highest BCUT2D eigenvalue weighted by Gasteiger charge is 2.29. The first-order valence-electron chi connectivity index (χ1n) is 7.85. The summed E-state index contributed by atoms with van der Waals surface area (Å²) in [4.78, 5) is 22.0. The van der Waals surface area contributed by atoms with Crippen LogP contribution >= 0.6 is 11.3 Å². The fourth-order valence-electron chi connectivity index (χ4n) is 3.49. The van der Waals surface area contributed by atoms with E-state index in [2.05, 4.69) is 23.7 Å². The summed E-state index contributed by atoms with van der Waals surface area (Å²) in [6, 6.07) is 0. The molecule has 0 bridgehead atoms. The van der Waals surface area contributed by atoms with Gasteiger partial charge in [0, 0.05) is 26.2 Å². The zero-order valence-corrected chi connectivity index (χ0v) is 13.7. The van der Waals surface area contributed by atoms with Gasteiger partial charge in [0.25, 0.3) is 5.91 Å². The van der Waals surface area contributed by atoms with Gasteiger partial charge in [-0.25, -0.2) is 4.98 Å². The molecule has 3 rings (SSSR count). The van der Waals surface area contributed by atoms with E-state index in [0.29, 0.717) is 22.5 Å². The largest absolute Gasteiger partial charge is 0.382 e. The summed E-state index contributed by atoms with van der Waals surface area (Å²) in [5, 5.41) is 0.909. The molecule has 1 aromatic rings. The van der Waals surface area contributed by atoms with E-state index in [9.17, 15) is 4.79 Å². The molecule has 0 aromatic carbocycles. The van der Waals surface area contributed by atoms with E-state index in [0.717, 1.165) is 31.3 Å². The molecule has 0 spiro atoms. The van der Waals surface area contributed by atoms with Gasteiger partial charge in [-0.2, -0.15) is 0 Å². The van der Waals surface area contributed by atoms with Crippen LogP contribution in [0.25, 0.3) is 0 Å². The van der Waals surface area contributed by atoms with Crippen molar-refractivity contribution < 1.29 is 4.79 Å². The predicted molar refractivity (Wildman–Crippen MR) is 86.8 cm³/mol. The van der Waals surface area contributed by atoms with Crippen molar-refractivity contribution >= 4 is 28.2 Å². The topological polar surface area (TPSA) is 62.5 Å². The highest BCUT2D eigenvalue weighted by Crippen LogP contribution is 2.32. The molecule has 0 radical (unpaired) electrons. The van der Waals surface area contributed by atoms with Gasteiger partial charge in [0.15, 0.2) is 5.13 Å². The Bertz CT molecular complexity index is 514. The molecule has 116 valence electrons. The van der Waals surface area contributed by atoms with Crippen LogP contribution in [0, 0.1) is 11.8 Å². The van der Waals surface area contributed by atoms with Crippen LogP contribution in [0.1, 0.15) is 42.8 Å². The van der Waals surface area contributed by atoms with E-state index in [1.165, 1.54) is 30.6 Å². The molecule has 6 heteroatoms. The monoisotopic (exact) mass is 308 g/mol. The summed E-state index contributed by atoms with van der Waals surface area (Å²) in [5.74, 6) is 1.58. The van der Waals surface area contributed by atoms with E-state index in [1.54, 1.807) is 0 Å². The number of carbonyl (C=O) groups is 1. The normalized spacial score (nSPS) is 26.4. The van der Waals surface area contributed by atoms with Crippen LogP contribution in [0.2, 0.25) is 0 Å². The first kappa shape index (κ1) is 14.6. The minimum atomic E-state index is 0.0637. The van der Waals surface area contributed by atoms with Gasteiger partial charge in [0.1, 0.15) is 10.7 Å². The minimum Gasteiger partial charge on any atom is -0.382 e. The van der Waals surface area contributed by atoms with Crippen molar-refractivity contribution in [2.24, 2.45) is 11.8 Å². The molecule has 2 aliphatic rings. The van der Waals surface area contributed by atoms with E-state index in [-0.39, 0.29) is 5.91 Å². The Morgan fingerprint density at radius 2 is 1.86 bits per heavy atom. The number of likely N-dealkylation sites (tertiary alicyclic amines) is 1. The average molecular weight is 308 g/mol. The Morgan fingerprint density at radius 3 is 2.48 bits per heavy atom. The lowest BCUT2D eigenvalue weighted by Crippen LogP contribution is -2.42.